The Bertz CT molecular complexity index is 1820. The lowest BCUT2D eigenvalue weighted by atomic mass is 10.0. The Balaban J connectivity index is 1.88. The lowest BCUT2D eigenvalue weighted by Crippen LogP contribution is -2.33. The van der Waals surface area contributed by atoms with Crippen LogP contribution >= 0.6 is 0 Å². The van der Waals surface area contributed by atoms with E-state index in [0.717, 1.165) is 6.42 Å². The van der Waals surface area contributed by atoms with Crippen molar-refractivity contribution >= 4 is 9.84 Å². The summed E-state index contributed by atoms with van der Waals surface area (Å²) in [6.45, 7) is 3.81. The molecule has 11 heteroatoms. The molecule has 0 aliphatic rings. The van der Waals surface area contributed by atoms with Crippen LogP contribution in [0.5, 0.6) is 5.88 Å². The van der Waals surface area contributed by atoms with Crippen LogP contribution in [0.25, 0.3) is 11.1 Å². The number of rotatable bonds is 9. The van der Waals surface area contributed by atoms with Gasteiger partial charge in [-0.3, -0.25) is 14.2 Å². The minimum absolute atomic E-state index is 0.251. The molecule has 4 aromatic rings. The van der Waals surface area contributed by atoms with Crippen LogP contribution in [0.3, 0.4) is 0 Å². The van der Waals surface area contributed by atoms with Crippen LogP contribution in [0.4, 0.5) is 0 Å². The third-order valence-corrected chi connectivity index (χ3v) is 8.38. The van der Waals surface area contributed by atoms with E-state index in [2.05, 4.69) is 16.0 Å². The number of aromatic nitrogens is 4. The molecule has 0 amide bonds. The fourth-order valence-corrected chi connectivity index (χ4v) is 5.88. The Labute approximate surface area is 231 Å². The van der Waals surface area contributed by atoms with Gasteiger partial charge in [0.05, 0.1) is 17.7 Å². The first-order valence-corrected chi connectivity index (χ1v) is 14.3. The average Bonchev–Trinajstić information content (AvgIpc) is 2.95. The van der Waals surface area contributed by atoms with Gasteiger partial charge in [0.15, 0.2) is 5.03 Å². The monoisotopic (exact) mass is 559 g/mol. The number of aromatic hydroxyl groups is 1. The van der Waals surface area contributed by atoms with Crippen molar-refractivity contribution in [1.29, 1.82) is 5.26 Å². The van der Waals surface area contributed by atoms with Gasteiger partial charge in [0.1, 0.15) is 5.82 Å². The van der Waals surface area contributed by atoms with Crippen molar-refractivity contribution in [2.24, 2.45) is 7.05 Å². The highest BCUT2D eigenvalue weighted by atomic mass is 32.2. The second-order valence-electron chi connectivity index (χ2n) is 9.35. The zero-order valence-corrected chi connectivity index (χ0v) is 23.2. The number of nitriles is 1. The van der Waals surface area contributed by atoms with Crippen LogP contribution in [0.2, 0.25) is 0 Å². The van der Waals surface area contributed by atoms with Crippen molar-refractivity contribution in [3.8, 4) is 23.1 Å². The van der Waals surface area contributed by atoms with E-state index in [1.165, 1.54) is 27.5 Å². The molecular weight excluding hydrogens is 530 g/mol. The van der Waals surface area contributed by atoms with Gasteiger partial charge in [0.25, 0.3) is 11.1 Å². The first kappa shape index (κ1) is 28.4. The van der Waals surface area contributed by atoms with Gasteiger partial charge in [-0.15, -0.1) is 0 Å². The molecule has 10 nitrogen and oxygen atoms in total. The van der Waals surface area contributed by atoms with E-state index in [0.29, 0.717) is 41.5 Å². The van der Waals surface area contributed by atoms with Crippen LogP contribution in [0.1, 0.15) is 56.1 Å². The molecule has 0 fully saturated rings. The van der Waals surface area contributed by atoms with Gasteiger partial charge in [0, 0.05) is 37.0 Å². The largest absolute Gasteiger partial charge is 0.492 e. The molecule has 1 aromatic carbocycles. The van der Waals surface area contributed by atoms with Crippen molar-refractivity contribution in [3.63, 3.8) is 0 Å². The Morgan fingerprint density at radius 3 is 2.50 bits per heavy atom. The maximum absolute atomic E-state index is 13.9. The summed E-state index contributed by atoms with van der Waals surface area (Å²) < 4.78 is 30.1. The van der Waals surface area contributed by atoms with Crippen LogP contribution < -0.4 is 11.1 Å². The molecule has 0 radical (unpaired) electrons. The third kappa shape index (κ3) is 5.31. The van der Waals surface area contributed by atoms with E-state index in [-0.39, 0.29) is 11.4 Å². The first-order chi connectivity index (χ1) is 19.1. The summed E-state index contributed by atoms with van der Waals surface area (Å²) in [5, 5.41) is 19.7. The van der Waals surface area contributed by atoms with E-state index in [4.69, 9.17) is 0 Å². The number of hydrogen-bond acceptors (Lipinski definition) is 8. The third-order valence-electron chi connectivity index (χ3n) is 6.70. The molecule has 0 aliphatic carbocycles. The van der Waals surface area contributed by atoms with Crippen LogP contribution in [-0.2, 0) is 23.3 Å². The normalized spacial score (nSPS) is 12.2. The molecule has 0 bridgehead atoms. The maximum Gasteiger partial charge on any atom is 0.277 e. The molecule has 0 unspecified atom stereocenters. The number of nitrogens with zero attached hydrogens (tertiary/aromatic N) is 5. The van der Waals surface area contributed by atoms with E-state index in [9.17, 15) is 28.4 Å². The van der Waals surface area contributed by atoms with Gasteiger partial charge in [-0.2, -0.15) is 10.2 Å². The Morgan fingerprint density at radius 1 is 1.07 bits per heavy atom. The molecule has 0 spiro atoms. The molecule has 1 atom stereocenters. The predicted molar refractivity (Wildman–Crippen MR) is 149 cm³/mol. The number of benzene rings is 1. The topological polar surface area (TPSA) is 148 Å². The molecule has 0 saturated heterocycles. The molecule has 0 saturated carbocycles. The standard InChI is InChI=1S/C29H29N5O5S/c1-4-6-12-24-32-27(35)26(29(37)34(24)23(5-2)20-10-7-9-19(16-20)17-30)40(38,39)25-14-13-21(18-31-25)22-11-8-15-33(3)28(22)36/h7-11,13-16,18,23,35H,4-6,12H2,1-3H3/t23-/m0/s1. The summed E-state index contributed by atoms with van der Waals surface area (Å²) in [6, 6.07) is 14.1. The molecule has 1 N–H and O–H groups in total. The Morgan fingerprint density at radius 2 is 1.85 bits per heavy atom. The lowest BCUT2D eigenvalue weighted by molar-refractivity contribution is 0.406. The summed E-state index contributed by atoms with van der Waals surface area (Å²) in [7, 11) is -3.01. The van der Waals surface area contributed by atoms with Crippen molar-refractivity contribution < 1.29 is 13.5 Å². The van der Waals surface area contributed by atoms with Crippen LogP contribution in [0, 0.1) is 11.3 Å². The number of pyridine rings is 2. The van der Waals surface area contributed by atoms with Gasteiger partial charge < -0.3 is 9.67 Å². The van der Waals surface area contributed by atoms with E-state index >= 15 is 0 Å². The van der Waals surface area contributed by atoms with Crippen molar-refractivity contribution in [1.82, 2.24) is 19.1 Å². The zero-order valence-electron chi connectivity index (χ0n) is 22.4. The molecule has 4 rings (SSSR count). The summed E-state index contributed by atoms with van der Waals surface area (Å²) in [6.07, 6.45) is 5.03. The van der Waals surface area contributed by atoms with E-state index < -0.39 is 37.2 Å². The van der Waals surface area contributed by atoms with Gasteiger partial charge in [0.2, 0.25) is 20.6 Å². The summed E-state index contributed by atoms with van der Waals surface area (Å²) in [4.78, 5) is 33.8. The second kappa shape index (κ2) is 11.7. The van der Waals surface area contributed by atoms with Gasteiger partial charge in [-0.05, 0) is 54.8 Å². The Kier molecular flexibility index (Phi) is 8.30. The van der Waals surface area contributed by atoms with Gasteiger partial charge in [-0.25, -0.2) is 13.4 Å². The molecular formula is C29H29N5O5S. The second-order valence-corrected chi connectivity index (χ2v) is 11.2. The number of hydrogen-bond donors (Lipinski definition) is 1. The minimum Gasteiger partial charge on any atom is -0.492 e. The van der Waals surface area contributed by atoms with Crippen LogP contribution in [-0.4, -0.2) is 32.6 Å². The van der Waals surface area contributed by atoms with E-state index in [1.807, 2.05) is 13.8 Å². The fraction of sp³-hybridized carbons (Fsp3) is 0.276. The molecule has 206 valence electrons. The van der Waals surface area contributed by atoms with Crippen molar-refractivity contribution in [2.75, 3.05) is 0 Å². The highest BCUT2D eigenvalue weighted by Gasteiger charge is 2.32. The molecule has 40 heavy (non-hydrogen) atoms. The van der Waals surface area contributed by atoms with E-state index in [1.54, 1.807) is 49.6 Å². The number of sulfone groups is 1. The SMILES string of the molecule is CCCCc1nc(O)c(S(=O)(=O)c2ccc(-c3cccn(C)c3=O)cn2)c(=O)n1[C@@H](CC)c1cccc(C#N)c1. The number of aryl methyl sites for hydroxylation is 2. The quantitative estimate of drug-likeness (QED) is 0.326. The summed E-state index contributed by atoms with van der Waals surface area (Å²) >= 11 is 0. The fourth-order valence-electron chi connectivity index (χ4n) is 4.62. The lowest BCUT2D eigenvalue weighted by Gasteiger charge is -2.23. The maximum atomic E-state index is 13.9. The van der Waals surface area contributed by atoms with Gasteiger partial charge >= 0.3 is 0 Å². The molecule has 3 aromatic heterocycles. The smallest absolute Gasteiger partial charge is 0.277 e. The molecule has 0 aliphatic heterocycles. The molecule has 3 heterocycles. The Hall–Kier alpha value is -4.56. The minimum atomic E-state index is -4.61. The van der Waals surface area contributed by atoms with Crippen molar-refractivity contribution in [2.45, 2.75) is 55.5 Å². The van der Waals surface area contributed by atoms with Crippen molar-refractivity contribution in [3.05, 3.63) is 98.6 Å². The average molecular weight is 560 g/mol. The summed E-state index contributed by atoms with van der Waals surface area (Å²) in [5.74, 6) is -0.642. The highest BCUT2D eigenvalue weighted by molar-refractivity contribution is 7.91. The van der Waals surface area contributed by atoms with Crippen LogP contribution in [0.15, 0.2) is 80.4 Å². The predicted octanol–water partition coefficient (Wildman–Crippen LogP) is 3.76. The first-order valence-electron chi connectivity index (χ1n) is 12.9. The zero-order chi connectivity index (χ0) is 29.0. The summed E-state index contributed by atoms with van der Waals surface area (Å²) in [5.41, 5.74) is 0.576. The highest BCUT2D eigenvalue weighted by Crippen LogP contribution is 2.29. The number of unbranched alkanes of at least 4 members (excludes halogenated alkanes) is 1. The van der Waals surface area contributed by atoms with Gasteiger partial charge in [-0.1, -0.05) is 32.4 Å².